The Morgan fingerprint density at radius 1 is 1.24 bits per heavy atom. The Labute approximate surface area is 119 Å². The van der Waals surface area contributed by atoms with E-state index >= 15 is 0 Å². The minimum Gasteiger partial charge on any atom is -0.295 e. The van der Waals surface area contributed by atoms with E-state index in [2.05, 4.69) is 4.98 Å². The average Bonchev–Trinajstić information content (AvgIpc) is 2.90. The monoisotopic (exact) mass is 281 g/mol. The van der Waals surface area contributed by atoms with E-state index in [0.29, 0.717) is 11.3 Å². The van der Waals surface area contributed by atoms with Gasteiger partial charge in [0.05, 0.1) is 16.0 Å². The zero-order valence-corrected chi connectivity index (χ0v) is 11.2. The first-order valence-corrected chi connectivity index (χ1v) is 6.30. The lowest BCUT2D eigenvalue weighted by Gasteiger charge is -2.06. The number of carbonyl (C=O) groups is 1. The summed E-state index contributed by atoms with van der Waals surface area (Å²) in [4.78, 5) is 26.4. The maximum Gasteiger partial charge on any atom is 0.293 e. The smallest absolute Gasteiger partial charge is 0.293 e. The van der Waals surface area contributed by atoms with E-state index in [0.717, 1.165) is 11.0 Å². The second-order valence-electron chi connectivity index (χ2n) is 4.62. The summed E-state index contributed by atoms with van der Waals surface area (Å²) < 4.78 is 1.65. The number of Topliss-reactive ketones (excluding diaryl/α,β-unsaturated/α-hetero) is 1. The van der Waals surface area contributed by atoms with Crippen LogP contribution in [0, 0.1) is 10.1 Å². The molecule has 3 rings (SSSR count). The van der Waals surface area contributed by atoms with E-state index in [1.54, 1.807) is 23.0 Å². The molecule has 0 saturated carbocycles. The van der Waals surface area contributed by atoms with Gasteiger partial charge in [0, 0.05) is 11.6 Å². The number of benzene rings is 2. The first-order chi connectivity index (χ1) is 10.1. The zero-order valence-electron chi connectivity index (χ0n) is 11.2. The number of hydrogen-bond acceptors (Lipinski definition) is 4. The third-order valence-electron chi connectivity index (χ3n) is 3.29. The lowest BCUT2D eigenvalue weighted by molar-refractivity contribution is -0.384. The van der Waals surface area contributed by atoms with Crippen molar-refractivity contribution in [3.63, 3.8) is 0 Å². The Morgan fingerprint density at radius 2 is 2.00 bits per heavy atom. The Morgan fingerprint density at radius 3 is 2.71 bits per heavy atom. The predicted octanol–water partition coefficient (Wildman–Crippen LogP) is 3.14. The predicted molar refractivity (Wildman–Crippen MR) is 77.7 cm³/mol. The first-order valence-electron chi connectivity index (χ1n) is 6.30. The Balaban J connectivity index is 2.27. The number of ketones is 1. The summed E-state index contributed by atoms with van der Waals surface area (Å²) in [6.07, 6.45) is 1.54. The number of imidazole rings is 1. The largest absolute Gasteiger partial charge is 0.295 e. The molecular formula is C15H11N3O3. The minimum atomic E-state index is -0.490. The molecule has 3 aromatic rings. The van der Waals surface area contributed by atoms with Crippen molar-refractivity contribution >= 4 is 22.5 Å². The molecule has 0 radical (unpaired) electrons. The van der Waals surface area contributed by atoms with Crippen LogP contribution in [-0.2, 0) is 0 Å². The molecule has 104 valence electrons. The summed E-state index contributed by atoms with van der Waals surface area (Å²) >= 11 is 0. The molecule has 6 nitrogen and oxygen atoms in total. The van der Waals surface area contributed by atoms with Gasteiger partial charge in [-0.15, -0.1) is 0 Å². The van der Waals surface area contributed by atoms with Crippen LogP contribution in [-0.4, -0.2) is 20.3 Å². The van der Waals surface area contributed by atoms with Gasteiger partial charge in [0.2, 0.25) is 0 Å². The lowest BCUT2D eigenvalue weighted by atomic mass is 10.1. The van der Waals surface area contributed by atoms with Gasteiger partial charge in [0.25, 0.3) is 5.69 Å². The molecule has 0 fully saturated rings. The second-order valence-corrected chi connectivity index (χ2v) is 4.62. The van der Waals surface area contributed by atoms with Crippen LogP contribution in [0.4, 0.5) is 5.69 Å². The van der Waals surface area contributed by atoms with Gasteiger partial charge in [-0.2, -0.15) is 0 Å². The molecule has 0 bridgehead atoms. The molecule has 0 aliphatic heterocycles. The van der Waals surface area contributed by atoms with Crippen molar-refractivity contribution in [2.24, 2.45) is 0 Å². The number of nitro benzene ring substituents is 1. The number of hydrogen-bond donors (Lipinski definition) is 0. The number of nitro groups is 1. The van der Waals surface area contributed by atoms with Gasteiger partial charge in [0.1, 0.15) is 12.0 Å². The standard InChI is InChI=1S/C15H11N3O3/c1-10(19)11-6-7-14(15(8-11)18(20)21)17-9-16-12-4-2-3-5-13(12)17/h2-9H,1H3. The molecule has 6 heteroatoms. The zero-order chi connectivity index (χ0) is 15.0. The molecule has 0 spiro atoms. The fraction of sp³-hybridized carbons (Fsp3) is 0.0667. The molecule has 0 aliphatic carbocycles. The van der Waals surface area contributed by atoms with Crippen molar-refractivity contribution in [2.75, 3.05) is 0 Å². The van der Waals surface area contributed by atoms with Crippen molar-refractivity contribution in [3.8, 4) is 5.69 Å². The molecule has 1 heterocycles. The van der Waals surface area contributed by atoms with Crippen molar-refractivity contribution in [1.82, 2.24) is 9.55 Å². The number of para-hydroxylation sites is 2. The van der Waals surface area contributed by atoms with Crippen LogP contribution in [0.25, 0.3) is 16.7 Å². The average molecular weight is 281 g/mol. The van der Waals surface area contributed by atoms with E-state index < -0.39 is 4.92 Å². The molecule has 0 unspecified atom stereocenters. The number of rotatable bonds is 3. The number of fused-ring (bicyclic) bond motifs is 1. The van der Waals surface area contributed by atoms with Crippen molar-refractivity contribution in [3.05, 3.63) is 64.5 Å². The molecule has 0 N–H and O–H groups in total. The summed E-state index contributed by atoms with van der Waals surface area (Å²) in [7, 11) is 0. The van der Waals surface area contributed by atoms with Crippen LogP contribution in [0.3, 0.4) is 0 Å². The van der Waals surface area contributed by atoms with Gasteiger partial charge in [-0.3, -0.25) is 19.5 Å². The summed E-state index contributed by atoms with van der Waals surface area (Å²) in [5.74, 6) is -0.208. The highest BCUT2D eigenvalue weighted by atomic mass is 16.6. The van der Waals surface area contributed by atoms with Gasteiger partial charge in [-0.1, -0.05) is 12.1 Å². The van der Waals surface area contributed by atoms with Crippen LogP contribution in [0.2, 0.25) is 0 Å². The van der Waals surface area contributed by atoms with Crippen LogP contribution in [0.1, 0.15) is 17.3 Å². The summed E-state index contributed by atoms with van der Waals surface area (Å²) in [6.45, 7) is 1.38. The quantitative estimate of drug-likeness (QED) is 0.419. The third kappa shape index (κ3) is 2.16. The molecule has 0 atom stereocenters. The molecule has 0 amide bonds. The molecule has 2 aromatic carbocycles. The van der Waals surface area contributed by atoms with Crippen molar-refractivity contribution in [2.45, 2.75) is 6.92 Å². The van der Waals surface area contributed by atoms with E-state index in [-0.39, 0.29) is 11.5 Å². The maximum atomic E-state index is 11.4. The molecule has 0 saturated heterocycles. The van der Waals surface area contributed by atoms with E-state index in [1.807, 2.05) is 24.3 Å². The van der Waals surface area contributed by atoms with Crippen molar-refractivity contribution in [1.29, 1.82) is 0 Å². The molecule has 21 heavy (non-hydrogen) atoms. The maximum absolute atomic E-state index is 11.4. The lowest BCUT2D eigenvalue weighted by Crippen LogP contribution is -2.02. The molecule has 0 aliphatic rings. The highest BCUT2D eigenvalue weighted by Crippen LogP contribution is 2.27. The Kier molecular flexibility index (Phi) is 2.98. The third-order valence-corrected chi connectivity index (χ3v) is 3.29. The molecule has 1 aromatic heterocycles. The number of aromatic nitrogens is 2. The number of nitrogens with zero attached hydrogens (tertiary/aromatic N) is 3. The van der Waals surface area contributed by atoms with Crippen LogP contribution in [0.15, 0.2) is 48.8 Å². The Bertz CT molecular complexity index is 867. The van der Waals surface area contributed by atoms with Gasteiger partial charge in [-0.05, 0) is 31.2 Å². The highest BCUT2D eigenvalue weighted by Gasteiger charge is 2.19. The Hall–Kier alpha value is -3.02. The van der Waals surface area contributed by atoms with E-state index in [9.17, 15) is 14.9 Å². The van der Waals surface area contributed by atoms with Crippen molar-refractivity contribution < 1.29 is 9.72 Å². The second kappa shape index (κ2) is 4.82. The van der Waals surface area contributed by atoms with Gasteiger partial charge < -0.3 is 0 Å². The SMILES string of the molecule is CC(=O)c1ccc(-n2cnc3ccccc32)c([N+](=O)[O-])c1. The number of carbonyl (C=O) groups excluding carboxylic acids is 1. The topological polar surface area (TPSA) is 78.0 Å². The first kappa shape index (κ1) is 13.0. The summed E-state index contributed by atoms with van der Waals surface area (Å²) in [6, 6.07) is 11.8. The van der Waals surface area contributed by atoms with Crippen LogP contribution >= 0.6 is 0 Å². The molecular weight excluding hydrogens is 270 g/mol. The van der Waals surface area contributed by atoms with E-state index in [4.69, 9.17) is 0 Å². The summed E-state index contributed by atoms with van der Waals surface area (Å²) in [5, 5.41) is 11.3. The fourth-order valence-electron chi connectivity index (χ4n) is 2.24. The summed E-state index contributed by atoms with van der Waals surface area (Å²) in [5.41, 5.74) is 2.11. The highest BCUT2D eigenvalue weighted by molar-refractivity contribution is 5.95. The normalized spacial score (nSPS) is 10.7. The van der Waals surface area contributed by atoms with Gasteiger partial charge in [0.15, 0.2) is 5.78 Å². The van der Waals surface area contributed by atoms with Gasteiger partial charge in [-0.25, -0.2) is 4.98 Å². The van der Waals surface area contributed by atoms with Crippen LogP contribution < -0.4 is 0 Å². The minimum absolute atomic E-state index is 0.120. The fourth-order valence-corrected chi connectivity index (χ4v) is 2.24. The van der Waals surface area contributed by atoms with E-state index in [1.165, 1.54) is 13.0 Å². The van der Waals surface area contributed by atoms with Gasteiger partial charge >= 0.3 is 0 Å². The van der Waals surface area contributed by atoms with Crippen LogP contribution in [0.5, 0.6) is 0 Å².